The minimum atomic E-state index is 0.433. The van der Waals surface area contributed by atoms with Gasteiger partial charge in [0.1, 0.15) is 0 Å². The molecule has 12 heavy (non-hydrogen) atoms. The second-order valence-electron chi connectivity index (χ2n) is 4.27. The fraction of sp³-hybridized carbons (Fsp3) is 1.00. The van der Waals surface area contributed by atoms with Crippen molar-refractivity contribution in [3.63, 3.8) is 0 Å². The van der Waals surface area contributed by atoms with Crippen LogP contribution in [0, 0.1) is 0 Å². The molecule has 3 heteroatoms. The molecule has 0 aromatic heterocycles. The molecule has 5 fully saturated rings. The second-order valence-corrected chi connectivity index (χ2v) is 6.31. The van der Waals surface area contributed by atoms with E-state index in [0.717, 1.165) is 16.5 Å². The van der Waals surface area contributed by atoms with Crippen molar-refractivity contribution in [3.8, 4) is 0 Å². The molecule has 5 aliphatic heterocycles. The van der Waals surface area contributed by atoms with Crippen molar-refractivity contribution in [2.45, 2.75) is 47.2 Å². The van der Waals surface area contributed by atoms with Crippen molar-refractivity contribution in [1.82, 2.24) is 4.90 Å². The van der Waals surface area contributed by atoms with Crippen molar-refractivity contribution in [2.24, 2.45) is 0 Å². The Morgan fingerprint density at radius 1 is 1.33 bits per heavy atom. The number of alkyl halides is 1. The Hall–Kier alpha value is 0.600. The van der Waals surface area contributed by atoms with Gasteiger partial charge in [0, 0.05) is 22.6 Å². The molecule has 0 aliphatic carbocycles. The SMILES string of the molecule is CN1C2CCC3SC2CC(Cl)C31. The number of hydrogen-bond acceptors (Lipinski definition) is 2. The Morgan fingerprint density at radius 3 is 2.75 bits per heavy atom. The minimum absolute atomic E-state index is 0.433. The largest absolute Gasteiger partial charge is 0.297 e. The van der Waals surface area contributed by atoms with Gasteiger partial charge in [-0.2, -0.15) is 11.8 Å². The third kappa shape index (κ3) is 0.865. The molecule has 0 aromatic rings. The maximum atomic E-state index is 6.35. The zero-order valence-electron chi connectivity index (χ0n) is 7.24. The lowest BCUT2D eigenvalue weighted by Crippen LogP contribution is -2.67. The molecule has 0 saturated carbocycles. The van der Waals surface area contributed by atoms with E-state index < -0.39 is 0 Å². The topological polar surface area (TPSA) is 3.24 Å². The van der Waals surface area contributed by atoms with E-state index in [1.165, 1.54) is 19.3 Å². The molecule has 0 amide bonds. The molecule has 68 valence electrons. The summed E-state index contributed by atoms with van der Waals surface area (Å²) in [4.78, 5) is 2.55. The van der Waals surface area contributed by atoms with Gasteiger partial charge >= 0.3 is 0 Å². The average molecular weight is 204 g/mol. The highest BCUT2D eigenvalue weighted by Gasteiger charge is 2.53. The summed E-state index contributed by atoms with van der Waals surface area (Å²) >= 11 is 8.56. The third-order valence-electron chi connectivity index (χ3n) is 3.73. The van der Waals surface area contributed by atoms with Gasteiger partial charge in [0.2, 0.25) is 0 Å². The van der Waals surface area contributed by atoms with Gasteiger partial charge in [-0.15, -0.1) is 11.6 Å². The van der Waals surface area contributed by atoms with Crippen LogP contribution in [0.5, 0.6) is 0 Å². The quantitative estimate of drug-likeness (QED) is 0.554. The van der Waals surface area contributed by atoms with E-state index in [9.17, 15) is 0 Å². The van der Waals surface area contributed by atoms with Gasteiger partial charge in [0.05, 0.1) is 5.38 Å². The lowest BCUT2D eigenvalue weighted by molar-refractivity contribution is 0.0660. The standard InChI is InChI=1S/C9H14ClNS/c1-11-6-2-3-7-9(11)5(10)4-8(6)12-7/h5-9H,2-4H2,1H3. The average Bonchev–Trinajstić information content (AvgIpc) is 2.03. The molecule has 5 saturated heterocycles. The van der Waals surface area contributed by atoms with Crippen LogP contribution in [0.1, 0.15) is 19.3 Å². The third-order valence-corrected chi connectivity index (χ3v) is 5.88. The predicted octanol–water partition coefficient (Wildman–Crippen LogP) is 1.94. The molecule has 5 aliphatic rings. The molecule has 0 radical (unpaired) electrons. The normalized spacial score (nSPS) is 58.0. The molecule has 5 heterocycles. The predicted molar refractivity (Wildman–Crippen MR) is 54.0 cm³/mol. The van der Waals surface area contributed by atoms with Crippen LogP contribution in [0.25, 0.3) is 0 Å². The number of fused-ring (bicyclic) bond motifs is 2. The molecule has 5 unspecified atom stereocenters. The van der Waals surface area contributed by atoms with Crippen molar-refractivity contribution in [2.75, 3.05) is 7.05 Å². The van der Waals surface area contributed by atoms with Gasteiger partial charge in [0.25, 0.3) is 0 Å². The first-order chi connectivity index (χ1) is 5.77. The van der Waals surface area contributed by atoms with E-state index in [1.54, 1.807) is 0 Å². The van der Waals surface area contributed by atoms with Crippen LogP contribution in [-0.4, -0.2) is 39.9 Å². The summed E-state index contributed by atoms with van der Waals surface area (Å²) in [5.41, 5.74) is 0. The first kappa shape index (κ1) is 7.95. The van der Waals surface area contributed by atoms with Gasteiger partial charge in [-0.1, -0.05) is 0 Å². The van der Waals surface area contributed by atoms with Gasteiger partial charge in [0.15, 0.2) is 0 Å². The smallest absolute Gasteiger partial charge is 0.0513 e. The molecular weight excluding hydrogens is 190 g/mol. The van der Waals surface area contributed by atoms with Crippen LogP contribution in [0.3, 0.4) is 0 Å². The highest BCUT2D eigenvalue weighted by atomic mass is 35.5. The Morgan fingerprint density at radius 2 is 2.17 bits per heavy atom. The molecule has 1 nitrogen and oxygen atoms in total. The number of rotatable bonds is 0. The van der Waals surface area contributed by atoms with Crippen LogP contribution in [0.4, 0.5) is 0 Å². The number of piperidine rings is 2. The monoisotopic (exact) mass is 203 g/mol. The summed E-state index contributed by atoms with van der Waals surface area (Å²) in [7, 11) is 2.27. The van der Waals surface area contributed by atoms with E-state index in [1.807, 2.05) is 0 Å². The summed E-state index contributed by atoms with van der Waals surface area (Å²) < 4.78 is 0. The van der Waals surface area contributed by atoms with Crippen molar-refractivity contribution in [3.05, 3.63) is 0 Å². The summed E-state index contributed by atoms with van der Waals surface area (Å²) in [6, 6.07) is 1.53. The van der Waals surface area contributed by atoms with Crippen molar-refractivity contribution in [1.29, 1.82) is 0 Å². The molecule has 4 bridgehead atoms. The zero-order valence-corrected chi connectivity index (χ0v) is 8.81. The Balaban J connectivity index is 1.97. The molecule has 5 rings (SSSR count). The van der Waals surface area contributed by atoms with E-state index in [2.05, 4.69) is 23.7 Å². The van der Waals surface area contributed by atoms with Gasteiger partial charge in [-0.3, -0.25) is 4.90 Å². The zero-order chi connectivity index (χ0) is 8.29. The lowest BCUT2D eigenvalue weighted by Gasteiger charge is -2.59. The van der Waals surface area contributed by atoms with E-state index in [-0.39, 0.29) is 0 Å². The maximum absolute atomic E-state index is 6.35. The molecule has 0 spiro atoms. The Kier molecular flexibility index (Phi) is 1.69. The molecule has 5 atom stereocenters. The van der Waals surface area contributed by atoms with Crippen LogP contribution in [-0.2, 0) is 0 Å². The van der Waals surface area contributed by atoms with E-state index >= 15 is 0 Å². The first-order valence-electron chi connectivity index (χ1n) is 4.79. The van der Waals surface area contributed by atoms with Crippen LogP contribution < -0.4 is 0 Å². The van der Waals surface area contributed by atoms with Gasteiger partial charge in [-0.05, 0) is 26.3 Å². The van der Waals surface area contributed by atoms with Crippen molar-refractivity contribution >= 4 is 23.4 Å². The maximum Gasteiger partial charge on any atom is 0.0513 e. The Labute approximate surface area is 82.8 Å². The summed E-state index contributed by atoms with van der Waals surface area (Å²) in [6.45, 7) is 0. The van der Waals surface area contributed by atoms with E-state index in [0.29, 0.717) is 11.4 Å². The van der Waals surface area contributed by atoms with Crippen LogP contribution >= 0.6 is 23.4 Å². The van der Waals surface area contributed by atoms with Gasteiger partial charge < -0.3 is 0 Å². The highest BCUT2D eigenvalue weighted by Crippen LogP contribution is 2.52. The summed E-state index contributed by atoms with van der Waals surface area (Å²) in [6.07, 6.45) is 4.07. The molecular formula is C9H14ClNS. The van der Waals surface area contributed by atoms with E-state index in [4.69, 9.17) is 11.6 Å². The minimum Gasteiger partial charge on any atom is -0.297 e. The first-order valence-corrected chi connectivity index (χ1v) is 6.17. The second kappa shape index (κ2) is 2.55. The lowest BCUT2D eigenvalue weighted by atomic mass is 9.83. The number of halogens is 1. The fourth-order valence-electron chi connectivity index (χ4n) is 3.17. The van der Waals surface area contributed by atoms with Crippen molar-refractivity contribution < 1.29 is 0 Å². The van der Waals surface area contributed by atoms with Gasteiger partial charge in [-0.25, -0.2) is 0 Å². The van der Waals surface area contributed by atoms with Crippen LogP contribution in [0.15, 0.2) is 0 Å². The number of thioether (sulfide) groups is 1. The number of hydrogen-bond donors (Lipinski definition) is 0. The summed E-state index contributed by atoms with van der Waals surface area (Å²) in [5, 5.41) is 2.13. The number of nitrogens with zero attached hydrogens (tertiary/aromatic N) is 1. The Bertz CT molecular complexity index is 205. The highest BCUT2D eigenvalue weighted by molar-refractivity contribution is 8.00. The fourth-order valence-corrected chi connectivity index (χ4v) is 6.00. The van der Waals surface area contributed by atoms with Crippen LogP contribution in [0.2, 0.25) is 0 Å². The molecule has 0 aromatic carbocycles. The summed E-state index contributed by atoms with van der Waals surface area (Å²) in [5.74, 6) is 0. The molecule has 0 N–H and O–H groups in total.